The molecule has 2 amide bonds. The minimum atomic E-state index is -0.840. The number of likely N-dealkylation sites (tertiary alicyclic amines) is 1. The number of hydrogen-bond acceptors (Lipinski definition) is 4. The van der Waals surface area contributed by atoms with Gasteiger partial charge in [-0.3, -0.25) is 9.59 Å². The molecule has 2 fully saturated rings. The van der Waals surface area contributed by atoms with Gasteiger partial charge in [-0.1, -0.05) is 68.3 Å². The van der Waals surface area contributed by atoms with E-state index in [4.69, 9.17) is 4.74 Å². The molecule has 2 atom stereocenters. The summed E-state index contributed by atoms with van der Waals surface area (Å²) in [4.78, 5) is 39.5. The van der Waals surface area contributed by atoms with Gasteiger partial charge in [-0.05, 0) is 41.5 Å². The smallest absolute Gasteiger partial charge is 0.407 e. The van der Waals surface area contributed by atoms with Gasteiger partial charge < -0.3 is 20.1 Å². The fourth-order valence-corrected chi connectivity index (χ4v) is 5.81. The molecule has 0 radical (unpaired) electrons. The number of carboxylic acid groups (broad SMARTS) is 1. The molecule has 1 spiro atoms. The molecule has 35 heavy (non-hydrogen) atoms. The minimum Gasteiger partial charge on any atom is -0.481 e. The van der Waals surface area contributed by atoms with Gasteiger partial charge in [-0.2, -0.15) is 0 Å². The molecule has 2 unspecified atom stereocenters. The van der Waals surface area contributed by atoms with Crippen LogP contribution >= 0.6 is 0 Å². The zero-order valence-corrected chi connectivity index (χ0v) is 20.0. The molecule has 1 saturated heterocycles. The van der Waals surface area contributed by atoms with Crippen LogP contribution in [0.1, 0.15) is 56.1 Å². The number of ether oxygens (including phenoxy) is 1. The average molecular weight is 477 g/mol. The standard InChI is InChI=1S/C28H32N2O5/c1-2-3-12-24(25(31)30-15-23(26(32)33)28(17-30)13-14-28)29-27(34)35-16-22-20-10-6-4-8-18(20)19-9-5-7-11-21(19)22/h4-11,22-24H,2-3,12-17H2,1H3,(H,29,34)(H,32,33). The largest absolute Gasteiger partial charge is 0.481 e. The summed E-state index contributed by atoms with van der Waals surface area (Å²) in [6, 6.07) is 15.6. The summed E-state index contributed by atoms with van der Waals surface area (Å²) >= 11 is 0. The van der Waals surface area contributed by atoms with Crippen molar-refractivity contribution >= 4 is 18.0 Å². The molecule has 5 rings (SSSR count). The molecule has 3 aliphatic rings. The zero-order valence-electron chi connectivity index (χ0n) is 20.0. The Labute approximate surface area is 205 Å². The molecule has 2 aromatic carbocycles. The number of fused-ring (bicyclic) bond motifs is 3. The van der Waals surface area contributed by atoms with Crippen molar-refractivity contribution in [1.82, 2.24) is 10.2 Å². The number of hydrogen-bond donors (Lipinski definition) is 2. The summed E-state index contributed by atoms with van der Waals surface area (Å²) in [5, 5.41) is 12.4. The minimum absolute atomic E-state index is 0.0532. The van der Waals surface area contributed by atoms with Crippen LogP contribution in [0.2, 0.25) is 0 Å². The monoisotopic (exact) mass is 476 g/mol. The summed E-state index contributed by atoms with van der Waals surface area (Å²) in [6.45, 7) is 2.88. The molecule has 2 N–H and O–H groups in total. The molecular weight excluding hydrogens is 444 g/mol. The fourth-order valence-electron chi connectivity index (χ4n) is 5.81. The number of amides is 2. The summed E-state index contributed by atoms with van der Waals surface area (Å²) in [5.74, 6) is -1.62. The molecule has 7 heteroatoms. The van der Waals surface area contributed by atoms with Crippen molar-refractivity contribution in [1.29, 1.82) is 0 Å². The van der Waals surface area contributed by atoms with E-state index in [0.29, 0.717) is 13.0 Å². The van der Waals surface area contributed by atoms with Crippen LogP contribution in [0.25, 0.3) is 11.1 Å². The maximum Gasteiger partial charge on any atom is 0.407 e. The summed E-state index contributed by atoms with van der Waals surface area (Å²) in [5.41, 5.74) is 4.30. The third-order valence-electron chi connectivity index (χ3n) is 7.93. The Kier molecular flexibility index (Phi) is 6.26. The van der Waals surface area contributed by atoms with Gasteiger partial charge in [0.25, 0.3) is 0 Å². The Balaban J connectivity index is 1.24. The van der Waals surface area contributed by atoms with Crippen molar-refractivity contribution in [2.24, 2.45) is 11.3 Å². The Morgan fingerprint density at radius 3 is 2.26 bits per heavy atom. The van der Waals surface area contributed by atoms with Crippen molar-refractivity contribution in [2.75, 3.05) is 19.7 Å². The molecule has 2 aliphatic carbocycles. The molecule has 7 nitrogen and oxygen atoms in total. The highest BCUT2D eigenvalue weighted by molar-refractivity contribution is 5.87. The second-order valence-electron chi connectivity index (χ2n) is 10.1. The lowest BCUT2D eigenvalue weighted by atomic mass is 9.93. The summed E-state index contributed by atoms with van der Waals surface area (Å²) in [6.07, 6.45) is 3.23. The van der Waals surface area contributed by atoms with Gasteiger partial charge in [0.05, 0.1) is 5.92 Å². The van der Waals surface area contributed by atoms with Crippen LogP contribution in [-0.2, 0) is 14.3 Å². The normalized spacial score (nSPS) is 20.3. The zero-order chi connectivity index (χ0) is 24.6. The van der Waals surface area contributed by atoms with Gasteiger partial charge in [0.15, 0.2) is 0 Å². The van der Waals surface area contributed by atoms with Crippen molar-refractivity contribution in [3.63, 3.8) is 0 Å². The van der Waals surface area contributed by atoms with E-state index in [1.165, 1.54) is 0 Å². The highest BCUT2D eigenvalue weighted by atomic mass is 16.5. The maximum atomic E-state index is 13.3. The predicted octanol–water partition coefficient (Wildman–Crippen LogP) is 4.41. The van der Waals surface area contributed by atoms with E-state index in [9.17, 15) is 19.5 Å². The molecule has 1 heterocycles. The Morgan fingerprint density at radius 2 is 1.71 bits per heavy atom. The van der Waals surface area contributed by atoms with Crippen LogP contribution in [0.4, 0.5) is 4.79 Å². The first-order chi connectivity index (χ1) is 16.9. The number of rotatable bonds is 8. The first kappa shape index (κ1) is 23.4. The molecular formula is C28H32N2O5. The number of alkyl carbamates (subject to hydrolysis) is 1. The third kappa shape index (κ3) is 4.40. The Morgan fingerprint density at radius 1 is 1.09 bits per heavy atom. The highest BCUT2D eigenvalue weighted by Crippen LogP contribution is 2.56. The number of nitrogens with one attached hydrogen (secondary N) is 1. The van der Waals surface area contributed by atoms with Gasteiger partial charge in [0, 0.05) is 24.4 Å². The van der Waals surface area contributed by atoms with Crippen molar-refractivity contribution in [3.05, 3.63) is 59.7 Å². The van der Waals surface area contributed by atoms with Crippen molar-refractivity contribution in [3.8, 4) is 11.1 Å². The SMILES string of the molecule is CCCCC(NC(=O)OCC1c2ccccc2-c2ccccc21)C(=O)N1CC(C(=O)O)C2(CC2)C1. The summed E-state index contributed by atoms with van der Waals surface area (Å²) < 4.78 is 5.66. The van der Waals surface area contributed by atoms with Crippen LogP contribution < -0.4 is 5.32 Å². The number of carbonyl (C=O) groups is 3. The highest BCUT2D eigenvalue weighted by Gasteiger charge is 2.59. The second-order valence-corrected chi connectivity index (χ2v) is 10.1. The molecule has 0 bridgehead atoms. The first-order valence-corrected chi connectivity index (χ1v) is 12.6. The van der Waals surface area contributed by atoms with E-state index in [0.717, 1.165) is 47.9 Å². The molecule has 1 saturated carbocycles. The van der Waals surface area contributed by atoms with Gasteiger partial charge in [0.1, 0.15) is 12.6 Å². The molecule has 2 aromatic rings. The lowest BCUT2D eigenvalue weighted by Gasteiger charge is -2.24. The van der Waals surface area contributed by atoms with E-state index in [1.54, 1.807) is 4.90 Å². The molecule has 1 aliphatic heterocycles. The first-order valence-electron chi connectivity index (χ1n) is 12.6. The Hall–Kier alpha value is -3.35. The second kappa shape index (κ2) is 9.36. The number of carboxylic acids is 1. The van der Waals surface area contributed by atoms with Crippen molar-refractivity contribution < 1.29 is 24.2 Å². The van der Waals surface area contributed by atoms with Gasteiger partial charge in [-0.15, -0.1) is 0 Å². The maximum absolute atomic E-state index is 13.3. The van der Waals surface area contributed by atoms with Gasteiger partial charge in [0.2, 0.25) is 5.91 Å². The fraction of sp³-hybridized carbons (Fsp3) is 0.464. The number of benzene rings is 2. The van der Waals surface area contributed by atoms with Crippen molar-refractivity contribution in [2.45, 2.75) is 51.0 Å². The predicted molar refractivity (Wildman–Crippen MR) is 131 cm³/mol. The van der Waals surface area contributed by atoms with E-state index in [1.807, 2.05) is 31.2 Å². The van der Waals surface area contributed by atoms with E-state index in [-0.39, 0.29) is 30.4 Å². The van der Waals surface area contributed by atoms with Crippen LogP contribution in [0, 0.1) is 11.3 Å². The molecule has 184 valence electrons. The average Bonchev–Trinajstić information content (AvgIpc) is 3.41. The van der Waals surface area contributed by atoms with Crippen LogP contribution in [0.5, 0.6) is 0 Å². The van der Waals surface area contributed by atoms with Crippen LogP contribution in [-0.4, -0.2) is 53.7 Å². The van der Waals surface area contributed by atoms with Crippen LogP contribution in [0.3, 0.4) is 0 Å². The number of aliphatic carboxylic acids is 1. The number of carbonyl (C=O) groups excluding carboxylic acids is 2. The van der Waals surface area contributed by atoms with Gasteiger partial charge >= 0.3 is 12.1 Å². The van der Waals surface area contributed by atoms with Gasteiger partial charge in [-0.25, -0.2) is 4.79 Å². The molecule has 0 aromatic heterocycles. The quantitative estimate of drug-likeness (QED) is 0.589. The lowest BCUT2D eigenvalue weighted by molar-refractivity contribution is -0.143. The lowest BCUT2D eigenvalue weighted by Crippen LogP contribution is -2.48. The van der Waals surface area contributed by atoms with E-state index in [2.05, 4.69) is 29.6 Å². The van der Waals surface area contributed by atoms with Crippen LogP contribution in [0.15, 0.2) is 48.5 Å². The number of nitrogens with zero attached hydrogens (tertiary/aromatic N) is 1. The van der Waals surface area contributed by atoms with E-state index >= 15 is 0 Å². The topological polar surface area (TPSA) is 95.9 Å². The third-order valence-corrected chi connectivity index (χ3v) is 7.93. The van der Waals surface area contributed by atoms with E-state index < -0.39 is 24.0 Å². The Bertz CT molecular complexity index is 1100. The summed E-state index contributed by atoms with van der Waals surface area (Å²) in [7, 11) is 0. The number of unbranched alkanes of at least 4 members (excludes halogenated alkanes) is 1.